The summed E-state index contributed by atoms with van der Waals surface area (Å²) in [6, 6.07) is 5.72. The molecule has 2 aromatic rings. The third-order valence-electron chi connectivity index (χ3n) is 2.15. The second-order valence-electron chi connectivity index (χ2n) is 3.25. The van der Waals surface area contributed by atoms with Gasteiger partial charge in [-0.05, 0) is 34.5 Å². The van der Waals surface area contributed by atoms with Gasteiger partial charge in [-0.1, -0.05) is 11.6 Å². The smallest absolute Gasteiger partial charge is 0.152 e. The molecule has 2 rings (SSSR count). The average molecular weight is 259 g/mol. The Morgan fingerprint density at radius 2 is 2.20 bits per heavy atom. The maximum absolute atomic E-state index is 11.2. The third kappa shape index (κ3) is 2.33. The van der Waals surface area contributed by atoms with E-state index < -0.39 is 0 Å². The Balaban J connectivity index is 2.43. The highest BCUT2D eigenvalue weighted by molar-refractivity contribution is 7.17. The molecule has 0 aliphatic heterocycles. The Bertz CT molecular complexity index is 504. The SMILES string of the molecule is O=C(CCl)Cc1csc2ccc(Cl)cc12. The van der Waals surface area contributed by atoms with Crippen molar-refractivity contribution in [2.75, 3.05) is 5.88 Å². The van der Waals surface area contributed by atoms with E-state index in [2.05, 4.69) is 0 Å². The molecule has 0 amide bonds. The van der Waals surface area contributed by atoms with Crippen LogP contribution in [0, 0.1) is 0 Å². The van der Waals surface area contributed by atoms with Gasteiger partial charge >= 0.3 is 0 Å². The first-order valence-corrected chi connectivity index (χ1v) is 6.23. The summed E-state index contributed by atoms with van der Waals surface area (Å²) in [4.78, 5) is 11.2. The zero-order chi connectivity index (χ0) is 10.8. The van der Waals surface area contributed by atoms with Gasteiger partial charge < -0.3 is 0 Å². The monoisotopic (exact) mass is 258 g/mol. The standard InChI is InChI=1S/C11H8Cl2OS/c12-5-9(14)3-7-6-15-11-2-1-8(13)4-10(7)11/h1-2,4,6H,3,5H2. The topological polar surface area (TPSA) is 17.1 Å². The van der Waals surface area contributed by atoms with Crippen LogP contribution in [0.1, 0.15) is 5.56 Å². The fourth-order valence-electron chi connectivity index (χ4n) is 1.45. The van der Waals surface area contributed by atoms with E-state index in [9.17, 15) is 4.79 Å². The second kappa shape index (κ2) is 4.52. The molecule has 1 nitrogen and oxygen atoms in total. The number of alkyl halides is 1. The van der Waals surface area contributed by atoms with Crippen molar-refractivity contribution in [1.82, 2.24) is 0 Å². The minimum Gasteiger partial charge on any atom is -0.298 e. The normalized spacial score (nSPS) is 10.8. The number of halogens is 2. The Morgan fingerprint density at radius 1 is 1.40 bits per heavy atom. The molecule has 0 saturated heterocycles. The fourth-order valence-corrected chi connectivity index (χ4v) is 2.66. The Labute approximate surface area is 102 Å². The molecule has 0 N–H and O–H groups in total. The molecule has 0 atom stereocenters. The molecule has 0 bridgehead atoms. The van der Waals surface area contributed by atoms with Gasteiger partial charge in [0.15, 0.2) is 5.78 Å². The van der Waals surface area contributed by atoms with E-state index in [1.807, 2.05) is 23.6 Å². The second-order valence-corrected chi connectivity index (χ2v) is 4.87. The van der Waals surface area contributed by atoms with Crippen molar-refractivity contribution in [2.24, 2.45) is 0 Å². The number of rotatable bonds is 3. The molecule has 1 aromatic carbocycles. The number of carbonyl (C=O) groups excluding carboxylic acids is 1. The van der Waals surface area contributed by atoms with Gasteiger partial charge in [-0.15, -0.1) is 22.9 Å². The molecule has 1 heterocycles. The van der Waals surface area contributed by atoms with Crippen LogP contribution in [-0.2, 0) is 11.2 Å². The summed E-state index contributed by atoms with van der Waals surface area (Å²) in [5.41, 5.74) is 1.02. The van der Waals surface area contributed by atoms with Crippen LogP contribution in [0.2, 0.25) is 5.02 Å². The zero-order valence-corrected chi connectivity index (χ0v) is 10.1. The van der Waals surface area contributed by atoms with Crippen molar-refractivity contribution in [2.45, 2.75) is 6.42 Å². The van der Waals surface area contributed by atoms with Crippen molar-refractivity contribution in [3.8, 4) is 0 Å². The number of carbonyl (C=O) groups is 1. The Morgan fingerprint density at radius 3 is 2.93 bits per heavy atom. The predicted octanol–water partition coefficient (Wildman–Crippen LogP) is 3.91. The Hall–Kier alpha value is -0.570. The summed E-state index contributed by atoms with van der Waals surface area (Å²) in [6.45, 7) is 0. The minimum atomic E-state index is 0.0383. The van der Waals surface area contributed by atoms with Crippen LogP contribution in [0.15, 0.2) is 23.6 Å². The molecular formula is C11H8Cl2OS. The van der Waals surface area contributed by atoms with E-state index in [1.165, 1.54) is 0 Å². The lowest BCUT2D eigenvalue weighted by Gasteiger charge is -1.97. The molecule has 15 heavy (non-hydrogen) atoms. The lowest BCUT2D eigenvalue weighted by Crippen LogP contribution is -2.02. The summed E-state index contributed by atoms with van der Waals surface area (Å²) in [5, 5.41) is 3.75. The minimum absolute atomic E-state index is 0.0383. The Kier molecular flexibility index (Phi) is 3.29. The number of hydrogen-bond donors (Lipinski definition) is 0. The molecule has 78 valence electrons. The van der Waals surface area contributed by atoms with Gasteiger partial charge in [0, 0.05) is 16.1 Å². The lowest BCUT2D eigenvalue weighted by molar-refractivity contribution is -0.116. The maximum atomic E-state index is 11.2. The third-order valence-corrected chi connectivity index (χ3v) is 3.70. The lowest BCUT2D eigenvalue weighted by atomic mass is 10.1. The number of Topliss-reactive ketones (excluding diaryl/α,β-unsaturated/α-hetero) is 1. The van der Waals surface area contributed by atoms with E-state index in [1.54, 1.807) is 11.3 Å². The van der Waals surface area contributed by atoms with Crippen LogP contribution in [0.25, 0.3) is 10.1 Å². The molecule has 0 radical (unpaired) electrons. The van der Waals surface area contributed by atoms with Gasteiger partial charge in [-0.25, -0.2) is 0 Å². The summed E-state index contributed by atoms with van der Waals surface area (Å²) in [7, 11) is 0. The molecule has 0 aliphatic rings. The van der Waals surface area contributed by atoms with Crippen LogP contribution in [-0.4, -0.2) is 11.7 Å². The highest BCUT2D eigenvalue weighted by Gasteiger charge is 2.08. The van der Waals surface area contributed by atoms with E-state index >= 15 is 0 Å². The summed E-state index contributed by atoms with van der Waals surface area (Å²) in [5.74, 6) is 0.106. The summed E-state index contributed by atoms with van der Waals surface area (Å²) in [6.07, 6.45) is 0.393. The van der Waals surface area contributed by atoms with Gasteiger partial charge in [0.2, 0.25) is 0 Å². The van der Waals surface area contributed by atoms with Gasteiger partial charge in [0.1, 0.15) is 0 Å². The summed E-state index contributed by atoms with van der Waals surface area (Å²) >= 11 is 13.0. The molecule has 4 heteroatoms. The first kappa shape index (κ1) is 10.9. The quantitative estimate of drug-likeness (QED) is 0.764. The predicted molar refractivity (Wildman–Crippen MR) is 66.3 cm³/mol. The first-order valence-electron chi connectivity index (χ1n) is 4.44. The van der Waals surface area contributed by atoms with Gasteiger partial charge in [0.05, 0.1) is 5.88 Å². The van der Waals surface area contributed by atoms with E-state index in [-0.39, 0.29) is 11.7 Å². The van der Waals surface area contributed by atoms with Crippen LogP contribution in [0.4, 0.5) is 0 Å². The van der Waals surface area contributed by atoms with E-state index in [0.29, 0.717) is 11.4 Å². The van der Waals surface area contributed by atoms with Crippen molar-refractivity contribution >= 4 is 50.4 Å². The molecule has 0 saturated carbocycles. The van der Waals surface area contributed by atoms with Crippen molar-refractivity contribution in [1.29, 1.82) is 0 Å². The number of benzene rings is 1. The highest BCUT2D eigenvalue weighted by atomic mass is 35.5. The maximum Gasteiger partial charge on any atom is 0.152 e. The molecule has 0 unspecified atom stereocenters. The fraction of sp³-hybridized carbons (Fsp3) is 0.182. The summed E-state index contributed by atoms with van der Waals surface area (Å²) < 4.78 is 1.15. The highest BCUT2D eigenvalue weighted by Crippen LogP contribution is 2.29. The number of ketones is 1. The van der Waals surface area contributed by atoms with Crippen LogP contribution >= 0.6 is 34.5 Å². The number of hydrogen-bond acceptors (Lipinski definition) is 2. The van der Waals surface area contributed by atoms with Gasteiger partial charge in [-0.3, -0.25) is 4.79 Å². The largest absolute Gasteiger partial charge is 0.298 e. The molecule has 0 aliphatic carbocycles. The molecule has 0 fully saturated rings. The van der Waals surface area contributed by atoms with Gasteiger partial charge in [0.25, 0.3) is 0 Å². The van der Waals surface area contributed by atoms with Crippen LogP contribution in [0.5, 0.6) is 0 Å². The van der Waals surface area contributed by atoms with E-state index in [0.717, 1.165) is 15.6 Å². The average Bonchev–Trinajstić information content (AvgIpc) is 2.61. The van der Waals surface area contributed by atoms with Crippen LogP contribution in [0.3, 0.4) is 0 Å². The number of fused-ring (bicyclic) bond motifs is 1. The zero-order valence-electron chi connectivity index (χ0n) is 7.80. The molecular weight excluding hydrogens is 251 g/mol. The van der Waals surface area contributed by atoms with Crippen molar-refractivity contribution in [3.63, 3.8) is 0 Å². The van der Waals surface area contributed by atoms with E-state index in [4.69, 9.17) is 23.2 Å². The molecule has 0 spiro atoms. The first-order chi connectivity index (χ1) is 7.20. The number of thiophene rings is 1. The van der Waals surface area contributed by atoms with Crippen molar-refractivity contribution in [3.05, 3.63) is 34.2 Å². The van der Waals surface area contributed by atoms with Crippen LogP contribution < -0.4 is 0 Å². The van der Waals surface area contributed by atoms with Gasteiger partial charge in [-0.2, -0.15) is 0 Å². The van der Waals surface area contributed by atoms with Crippen molar-refractivity contribution < 1.29 is 4.79 Å². The molecule has 1 aromatic heterocycles.